The Balaban J connectivity index is 1.92. The van der Waals surface area contributed by atoms with Crippen LogP contribution >= 0.6 is 0 Å². The second-order valence-corrected chi connectivity index (χ2v) is 4.90. The number of rotatable bonds is 3. The topological polar surface area (TPSA) is 62.2 Å². The van der Waals surface area contributed by atoms with Crippen molar-refractivity contribution >= 4 is 5.91 Å². The van der Waals surface area contributed by atoms with Gasteiger partial charge in [-0.15, -0.1) is 0 Å². The van der Waals surface area contributed by atoms with Gasteiger partial charge < -0.3 is 10.4 Å². The highest BCUT2D eigenvalue weighted by Gasteiger charge is 2.31. The number of pyridine rings is 1. The summed E-state index contributed by atoms with van der Waals surface area (Å²) in [6, 6.07) is 1.87. The van der Waals surface area contributed by atoms with Gasteiger partial charge in [0.2, 0.25) is 0 Å². The van der Waals surface area contributed by atoms with Crippen LogP contribution < -0.4 is 5.32 Å². The average molecular weight is 288 g/mol. The minimum atomic E-state index is -4.46. The average Bonchev–Trinajstić information content (AvgIpc) is 2.81. The fraction of sp³-hybridized carbons (Fsp3) is 0.538. The number of carbonyl (C=O) groups excluding carboxylic acids is 1. The summed E-state index contributed by atoms with van der Waals surface area (Å²) in [7, 11) is 0. The van der Waals surface area contributed by atoms with Gasteiger partial charge in [0.15, 0.2) is 0 Å². The highest BCUT2D eigenvalue weighted by atomic mass is 19.4. The number of carbonyl (C=O) groups is 1. The van der Waals surface area contributed by atoms with E-state index in [9.17, 15) is 23.1 Å². The molecule has 20 heavy (non-hydrogen) atoms. The highest BCUT2D eigenvalue weighted by molar-refractivity contribution is 5.92. The van der Waals surface area contributed by atoms with Crippen LogP contribution in [0.15, 0.2) is 18.3 Å². The van der Waals surface area contributed by atoms with Gasteiger partial charge in [0.1, 0.15) is 5.69 Å². The van der Waals surface area contributed by atoms with E-state index in [4.69, 9.17) is 0 Å². The Morgan fingerprint density at radius 1 is 1.40 bits per heavy atom. The van der Waals surface area contributed by atoms with Crippen LogP contribution in [-0.2, 0) is 6.18 Å². The minimum absolute atomic E-state index is 0.00778. The van der Waals surface area contributed by atoms with E-state index >= 15 is 0 Å². The molecule has 0 bridgehead atoms. The number of hydrogen-bond acceptors (Lipinski definition) is 3. The van der Waals surface area contributed by atoms with Gasteiger partial charge in [-0.2, -0.15) is 13.2 Å². The van der Waals surface area contributed by atoms with Crippen molar-refractivity contribution in [2.24, 2.45) is 5.92 Å². The van der Waals surface area contributed by atoms with E-state index in [2.05, 4.69) is 10.3 Å². The number of amides is 1. The van der Waals surface area contributed by atoms with Crippen molar-refractivity contribution in [2.45, 2.75) is 31.5 Å². The van der Waals surface area contributed by atoms with Gasteiger partial charge >= 0.3 is 6.18 Å². The second-order valence-electron chi connectivity index (χ2n) is 4.90. The molecule has 1 amide bonds. The van der Waals surface area contributed by atoms with Crippen molar-refractivity contribution in [3.05, 3.63) is 29.6 Å². The summed E-state index contributed by atoms with van der Waals surface area (Å²) >= 11 is 0. The Hall–Kier alpha value is -1.63. The van der Waals surface area contributed by atoms with Crippen LogP contribution in [0.3, 0.4) is 0 Å². The molecule has 1 aliphatic rings. The van der Waals surface area contributed by atoms with Gasteiger partial charge in [0.05, 0.1) is 11.7 Å². The molecule has 4 nitrogen and oxygen atoms in total. The molecule has 0 aromatic carbocycles. The lowest BCUT2D eigenvalue weighted by Crippen LogP contribution is -2.32. The standard InChI is InChI=1S/C13H15F3N2O2/c14-13(15,16)9-4-5-10(17-7-9)12(20)18-6-8-2-1-3-11(8)19/h4-5,7-8,11,19H,1-3,6H2,(H,18,20). The summed E-state index contributed by atoms with van der Waals surface area (Å²) in [6.07, 6.45) is -1.77. The molecule has 110 valence electrons. The molecule has 7 heteroatoms. The zero-order chi connectivity index (χ0) is 14.8. The largest absolute Gasteiger partial charge is 0.417 e. The molecule has 0 spiro atoms. The molecule has 1 aliphatic carbocycles. The lowest BCUT2D eigenvalue weighted by molar-refractivity contribution is -0.137. The molecule has 2 rings (SSSR count). The van der Waals surface area contributed by atoms with E-state index in [1.807, 2.05) is 0 Å². The van der Waals surface area contributed by atoms with Crippen LogP contribution in [0.4, 0.5) is 13.2 Å². The summed E-state index contributed by atoms with van der Waals surface area (Å²) < 4.78 is 37.0. The van der Waals surface area contributed by atoms with E-state index in [0.717, 1.165) is 31.4 Å². The number of nitrogens with one attached hydrogen (secondary N) is 1. The number of nitrogens with zero attached hydrogens (tertiary/aromatic N) is 1. The van der Waals surface area contributed by atoms with Crippen LogP contribution in [0.5, 0.6) is 0 Å². The maximum absolute atomic E-state index is 12.3. The number of halogens is 3. The minimum Gasteiger partial charge on any atom is -0.393 e. The molecule has 1 fully saturated rings. The maximum atomic E-state index is 12.3. The summed E-state index contributed by atoms with van der Waals surface area (Å²) in [6.45, 7) is 0.308. The molecule has 2 N–H and O–H groups in total. The molecule has 2 atom stereocenters. The number of hydrogen-bond donors (Lipinski definition) is 2. The molecular formula is C13H15F3N2O2. The molecule has 0 radical (unpaired) electrons. The number of aliphatic hydroxyl groups excluding tert-OH is 1. The van der Waals surface area contributed by atoms with Crippen LogP contribution in [0.25, 0.3) is 0 Å². The van der Waals surface area contributed by atoms with Crippen LogP contribution in [0.2, 0.25) is 0 Å². The predicted molar refractivity (Wildman–Crippen MR) is 64.9 cm³/mol. The summed E-state index contributed by atoms with van der Waals surface area (Å²) in [4.78, 5) is 15.2. The van der Waals surface area contributed by atoms with Gasteiger partial charge in [0, 0.05) is 18.7 Å². The Morgan fingerprint density at radius 3 is 2.65 bits per heavy atom. The number of aliphatic hydroxyl groups is 1. The third kappa shape index (κ3) is 3.47. The van der Waals surface area contributed by atoms with Crippen molar-refractivity contribution < 1.29 is 23.1 Å². The SMILES string of the molecule is O=C(NCC1CCCC1O)c1ccc(C(F)(F)F)cn1. The lowest BCUT2D eigenvalue weighted by atomic mass is 10.1. The fourth-order valence-corrected chi connectivity index (χ4v) is 2.27. The van der Waals surface area contributed by atoms with Crippen molar-refractivity contribution in [3.63, 3.8) is 0 Å². The van der Waals surface area contributed by atoms with Crippen LogP contribution in [-0.4, -0.2) is 28.6 Å². The first-order valence-electron chi connectivity index (χ1n) is 6.37. The normalized spacial score (nSPS) is 22.8. The first-order valence-corrected chi connectivity index (χ1v) is 6.37. The molecule has 1 heterocycles. The Bertz CT molecular complexity index is 473. The van der Waals surface area contributed by atoms with Crippen LogP contribution in [0.1, 0.15) is 35.3 Å². The predicted octanol–water partition coefficient (Wildman–Crippen LogP) is 1.99. The van der Waals surface area contributed by atoms with Gasteiger partial charge in [0.25, 0.3) is 5.91 Å². The highest BCUT2D eigenvalue weighted by Crippen LogP contribution is 2.28. The van der Waals surface area contributed by atoms with E-state index < -0.39 is 23.8 Å². The van der Waals surface area contributed by atoms with Crippen molar-refractivity contribution in [1.29, 1.82) is 0 Å². The second kappa shape index (κ2) is 5.78. The Morgan fingerprint density at radius 2 is 2.15 bits per heavy atom. The zero-order valence-corrected chi connectivity index (χ0v) is 10.7. The van der Waals surface area contributed by atoms with Crippen molar-refractivity contribution in [3.8, 4) is 0 Å². The van der Waals surface area contributed by atoms with E-state index in [0.29, 0.717) is 12.7 Å². The quantitative estimate of drug-likeness (QED) is 0.894. The summed E-state index contributed by atoms with van der Waals surface area (Å²) in [5, 5.41) is 12.2. The fourth-order valence-electron chi connectivity index (χ4n) is 2.27. The van der Waals surface area contributed by atoms with Crippen LogP contribution in [0, 0.1) is 5.92 Å². The summed E-state index contributed by atoms with van der Waals surface area (Å²) in [5.41, 5.74) is -0.953. The van der Waals surface area contributed by atoms with Gasteiger partial charge in [-0.25, -0.2) is 0 Å². The van der Waals surface area contributed by atoms with Gasteiger partial charge in [-0.05, 0) is 25.0 Å². The van der Waals surface area contributed by atoms with Gasteiger partial charge in [-0.3, -0.25) is 9.78 Å². The molecular weight excluding hydrogens is 273 g/mol. The molecule has 1 aromatic heterocycles. The molecule has 0 saturated heterocycles. The maximum Gasteiger partial charge on any atom is 0.417 e. The van der Waals surface area contributed by atoms with Crippen molar-refractivity contribution in [2.75, 3.05) is 6.54 Å². The third-order valence-electron chi connectivity index (χ3n) is 3.47. The molecule has 1 aromatic rings. The Kier molecular flexibility index (Phi) is 4.27. The zero-order valence-electron chi connectivity index (χ0n) is 10.7. The molecule has 0 aliphatic heterocycles. The number of aromatic nitrogens is 1. The van der Waals surface area contributed by atoms with E-state index in [1.165, 1.54) is 0 Å². The first-order chi connectivity index (χ1) is 9.38. The van der Waals surface area contributed by atoms with E-state index in [1.54, 1.807) is 0 Å². The van der Waals surface area contributed by atoms with E-state index in [-0.39, 0.29) is 11.6 Å². The Labute approximate surface area is 114 Å². The first kappa shape index (κ1) is 14.8. The number of alkyl halides is 3. The third-order valence-corrected chi connectivity index (χ3v) is 3.47. The van der Waals surface area contributed by atoms with Gasteiger partial charge in [-0.1, -0.05) is 6.42 Å². The summed E-state index contributed by atoms with van der Waals surface area (Å²) in [5.74, 6) is -0.522. The lowest BCUT2D eigenvalue weighted by Gasteiger charge is -2.15. The van der Waals surface area contributed by atoms with Crippen molar-refractivity contribution in [1.82, 2.24) is 10.3 Å². The smallest absolute Gasteiger partial charge is 0.393 e. The molecule has 1 saturated carbocycles. The monoisotopic (exact) mass is 288 g/mol. The molecule has 2 unspecified atom stereocenters.